The van der Waals surface area contributed by atoms with Gasteiger partial charge in [0.05, 0.1) is 6.04 Å². The number of nitrogens with zero attached hydrogens (tertiary/aromatic N) is 3. The van der Waals surface area contributed by atoms with Gasteiger partial charge >= 0.3 is 0 Å². The highest BCUT2D eigenvalue weighted by Gasteiger charge is 2.22. The number of fused-ring (bicyclic) bond motifs is 1. The van der Waals surface area contributed by atoms with Gasteiger partial charge in [-0.1, -0.05) is 18.6 Å². The summed E-state index contributed by atoms with van der Waals surface area (Å²) in [6, 6.07) is 8.10. The molecule has 0 saturated carbocycles. The zero-order valence-corrected chi connectivity index (χ0v) is 13.7. The molecule has 2 aliphatic heterocycles. The normalized spacial score (nSPS) is 20.3. The van der Waals surface area contributed by atoms with E-state index in [0.717, 1.165) is 42.3 Å². The molecule has 24 heavy (non-hydrogen) atoms. The summed E-state index contributed by atoms with van der Waals surface area (Å²) in [5.41, 5.74) is 1.13. The highest BCUT2D eigenvalue weighted by atomic mass is 16.5. The number of rotatable bonds is 4. The van der Waals surface area contributed by atoms with Gasteiger partial charge in [-0.15, -0.1) is 10.2 Å². The molecule has 1 fully saturated rings. The third-order valence-corrected chi connectivity index (χ3v) is 4.83. The molecule has 0 radical (unpaired) electrons. The van der Waals surface area contributed by atoms with Crippen LogP contribution < -0.4 is 10.1 Å². The molecule has 6 heteroatoms. The minimum atomic E-state index is 0.132. The van der Waals surface area contributed by atoms with E-state index in [0.29, 0.717) is 13.0 Å². The number of hydrogen-bond acceptors (Lipinski definition) is 4. The van der Waals surface area contributed by atoms with Crippen molar-refractivity contribution in [1.29, 1.82) is 0 Å². The van der Waals surface area contributed by atoms with Crippen LogP contribution in [-0.4, -0.2) is 20.7 Å². The second-order valence-corrected chi connectivity index (χ2v) is 6.51. The number of amides is 1. The lowest BCUT2D eigenvalue weighted by molar-refractivity contribution is -0.119. The summed E-state index contributed by atoms with van der Waals surface area (Å²) in [5, 5.41) is 11.6. The van der Waals surface area contributed by atoms with E-state index in [1.807, 2.05) is 24.3 Å². The van der Waals surface area contributed by atoms with E-state index in [2.05, 4.69) is 20.1 Å². The van der Waals surface area contributed by atoms with E-state index >= 15 is 0 Å². The molecule has 1 N–H and O–H groups in total. The molecule has 1 aromatic carbocycles. The van der Waals surface area contributed by atoms with Crippen molar-refractivity contribution in [1.82, 2.24) is 20.1 Å². The minimum absolute atomic E-state index is 0.132. The van der Waals surface area contributed by atoms with E-state index in [1.165, 1.54) is 19.3 Å². The number of aryl methyl sites for hydroxylation is 1. The lowest BCUT2D eigenvalue weighted by atomic mass is 10.1. The third kappa shape index (κ3) is 3.13. The first-order chi connectivity index (χ1) is 11.8. The Hall–Kier alpha value is -2.37. The van der Waals surface area contributed by atoms with Crippen LogP contribution in [0.25, 0.3) is 0 Å². The Morgan fingerprint density at radius 3 is 2.79 bits per heavy atom. The molecular formula is C18H22N4O2. The van der Waals surface area contributed by atoms with Gasteiger partial charge in [-0.25, -0.2) is 0 Å². The average Bonchev–Trinajstić information content (AvgIpc) is 3.13. The van der Waals surface area contributed by atoms with Crippen molar-refractivity contribution in [3.8, 4) is 5.75 Å². The van der Waals surface area contributed by atoms with Gasteiger partial charge in [0, 0.05) is 19.4 Å². The van der Waals surface area contributed by atoms with Gasteiger partial charge in [0.2, 0.25) is 5.91 Å². The SMILES string of the molecule is O=C1CCC(c2ccc(OCc3nnc4n3CCCCC4)cc2)N1. The topological polar surface area (TPSA) is 69.0 Å². The van der Waals surface area contributed by atoms with Crippen molar-refractivity contribution in [3.05, 3.63) is 41.5 Å². The molecule has 0 spiro atoms. The molecule has 1 unspecified atom stereocenters. The zero-order chi connectivity index (χ0) is 16.4. The summed E-state index contributed by atoms with van der Waals surface area (Å²) in [6.07, 6.45) is 6.11. The van der Waals surface area contributed by atoms with Crippen molar-refractivity contribution >= 4 is 5.91 Å². The Balaban J connectivity index is 1.39. The van der Waals surface area contributed by atoms with Crippen LogP contribution >= 0.6 is 0 Å². The van der Waals surface area contributed by atoms with Gasteiger partial charge in [0.1, 0.15) is 18.2 Å². The summed E-state index contributed by atoms with van der Waals surface area (Å²) in [4.78, 5) is 11.3. The number of nitrogens with one attached hydrogen (secondary N) is 1. The molecule has 2 aliphatic rings. The van der Waals surface area contributed by atoms with Gasteiger partial charge in [0.15, 0.2) is 5.82 Å². The first kappa shape index (κ1) is 15.2. The monoisotopic (exact) mass is 326 g/mol. The standard InChI is InChI=1S/C18H22N4O2/c23-18-10-9-15(19-18)13-5-7-14(8-6-13)24-12-17-21-20-16-4-2-1-3-11-22(16)17/h5-8,15H,1-4,9-12H2,(H,19,23). The summed E-state index contributed by atoms with van der Waals surface area (Å²) >= 11 is 0. The van der Waals surface area contributed by atoms with Gasteiger partial charge in [-0.2, -0.15) is 0 Å². The number of benzene rings is 1. The summed E-state index contributed by atoms with van der Waals surface area (Å²) < 4.78 is 8.09. The first-order valence-corrected chi connectivity index (χ1v) is 8.73. The largest absolute Gasteiger partial charge is 0.486 e. The molecule has 0 bridgehead atoms. The molecule has 1 aromatic heterocycles. The predicted octanol–water partition coefficient (Wildman–Crippen LogP) is 2.53. The number of carbonyl (C=O) groups excluding carboxylic acids is 1. The quantitative estimate of drug-likeness (QED) is 0.937. The van der Waals surface area contributed by atoms with Crippen molar-refractivity contribution in [2.45, 2.75) is 57.7 Å². The van der Waals surface area contributed by atoms with Gasteiger partial charge in [0.25, 0.3) is 0 Å². The lowest BCUT2D eigenvalue weighted by Crippen LogP contribution is -2.18. The van der Waals surface area contributed by atoms with Gasteiger partial charge in [-0.05, 0) is 37.0 Å². The molecular weight excluding hydrogens is 304 g/mol. The van der Waals surface area contributed by atoms with E-state index < -0.39 is 0 Å². The fraction of sp³-hybridized carbons (Fsp3) is 0.500. The lowest BCUT2D eigenvalue weighted by Gasteiger charge is -2.12. The summed E-state index contributed by atoms with van der Waals surface area (Å²) in [7, 11) is 0. The van der Waals surface area contributed by atoms with Crippen molar-refractivity contribution < 1.29 is 9.53 Å². The van der Waals surface area contributed by atoms with E-state index in [9.17, 15) is 4.79 Å². The van der Waals surface area contributed by atoms with E-state index in [-0.39, 0.29) is 11.9 Å². The summed E-state index contributed by atoms with van der Waals surface area (Å²) in [6.45, 7) is 1.42. The first-order valence-electron chi connectivity index (χ1n) is 8.73. The maximum Gasteiger partial charge on any atom is 0.220 e. The Morgan fingerprint density at radius 1 is 1.12 bits per heavy atom. The molecule has 3 heterocycles. The Kier molecular flexibility index (Phi) is 4.19. The second-order valence-electron chi connectivity index (χ2n) is 6.51. The van der Waals surface area contributed by atoms with Crippen molar-refractivity contribution in [2.24, 2.45) is 0 Å². The Bertz CT molecular complexity index is 723. The molecule has 1 saturated heterocycles. The minimum Gasteiger partial charge on any atom is -0.486 e. The van der Waals surface area contributed by atoms with E-state index in [1.54, 1.807) is 0 Å². The van der Waals surface area contributed by atoms with Crippen LogP contribution in [0.15, 0.2) is 24.3 Å². The van der Waals surface area contributed by atoms with Gasteiger partial charge in [-0.3, -0.25) is 4.79 Å². The van der Waals surface area contributed by atoms with E-state index in [4.69, 9.17) is 4.74 Å². The highest BCUT2D eigenvalue weighted by Crippen LogP contribution is 2.25. The van der Waals surface area contributed by atoms with Crippen molar-refractivity contribution in [3.63, 3.8) is 0 Å². The maximum atomic E-state index is 11.3. The Morgan fingerprint density at radius 2 is 2.00 bits per heavy atom. The Labute approximate surface area is 141 Å². The van der Waals surface area contributed by atoms with Crippen LogP contribution in [0.4, 0.5) is 0 Å². The maximum absolute atomic E-state index is 11.3. The van der Waals surface area contributed by atoms with Crippen LogP contribution in [0.5, 0.6) is 5.75 Å². The molecule has 1 atom stereocenters. The van der Waals surface area contributed by atoms with Crippen LogP contribution in [0.3, 0.4) is 0 Å². The smallest absolute Gasteiger partial charge is 0.220 e. The highest BCUT2D eigenvalue weighted by molar-refractivity contribution is 5.78. The number of carbonyl (C=O) groups is 1. The molecule has 2 aromatic rings. The number of hydrogen-bond donors (Lipinski definition) is 1. The third-order valence-electron chi connectivity index (χ3n) is 4.83. The van der Waals surface area contributed by atoms with Crippen molar-refractivity contribution in [2.75, 3.05) is 0 Å². The average molecular weight is 326 g/mol. The molecule has 126 valence electrons. The van der Waals surface area contributed by atoms with Gasteiger partial charge < -0.3 is 14.6 Å². The zero-order valence-electron chi connectivity index (χ0n) is 13.7. The second kappa shape index (κ2) is 6.63. The molecule has 4 rings (SSSR count). The van der Waals surface area contributed by atoms with Crippen LogP contribution in [0, 0.1) is 0 Å². The van der Waals surface area contributed by atoms with Crippen LogP contribution in [0.2, 0.25) is 0 Å². The predicted molar refractivity (Wildman–Crippen MR) is 88.5 cm³/mol. The fourth-order valence-electron chi connectivity index (χ4n) is 3.46. The number of aromatic nitrogens is 3. The number of ether oxygens (including phenoxy) is 1. The molecule has 6 nitrogen and oxygen atoms in total. The fourth-order valence-corrected chi connectivity index (χ4v) is 3.46. The summed E-state index contributed by atoms with van der Waals surface area (Å²) in [5.74, 6) is 2.93. The molecule has 1 amide bonds. The van der Waals surface area contributed by atoms with Crippen LogP contribution in [-0.2, 0) is 24.4 Å². The molecule has 0 aliphatic carbocycles. The van der Waals surface area contributed by atoms with Crippen LogP contribution in [0.1, 0.15) is 55.4 Å².